The second-order valence-electron chi connectivity index (χ2n) is 5.44. The SMILES string of the molecule is c1ccc2c(c1)ccc1c2ccc2c3ccsc3ccc21. The first-order valence-electron chi connectivity index (χ1n) is 7.12. The lowest BCUT2D eigenvalue weighted by atomic mass is 9.96. The Bertz CT molecular complexity index is 1130. The fourth-order valence-electron chi connectivity index (χ4n) is 3.36. The van der Waals surface area contributed by atoms with Crippen LogP contribution in [0.3, 0.4) is 0 Å². The predicted octanol–water partition coefficient (Wildman–Crippen LogP) is 6.36. The number of rotatable bonds is 0. The summed E-state index contributed by atoms with van der Waals surface area (Å²) in [5, 5.41) is 11.6. The Morgan fingerprint density at radius 3 is 2.05 bits per heavy atom. The summed E-state index contributed by atoms with van der Waals surface area (Å²) in [4.78, 5) is 0. The highest BCUT2D eigenvalue weighted by atomic mass is 32.1. The molecule has 0 saturated carbocycles. The highest BCUT2D eigenvalue weighted by Crippen LogP contribution is 2.35. The number of fused-ring (bicyclic) bond motifs is 7. The molecule has 0 nitrogen and oxygen atoms in total. The number of thiophene rings is 1. The van der Waals surface area contributed by atoms with E-state index < -0.39 is 0 Å². The van der Waals surface area contributed by atoms with Gasteiger partial charge < -0.3 is 0 Å². The van der Waals surface area contributed by atoms with Gasteiger partial charge >= 0.3 is 0 Å². The van der Waals surface area contributed by atoms with Crippen molar-refractivity contribution in [2.24, 2.45) is 0 Å². The number of hydrogen-bond acceptors (Lipinski definition) is 1. The van der Waals surface area contributed by atoms with Gasteiger partial charge in [0.25, 0.3) is 0 Å². The maximum atomic E-state index is 2.28. The molecule has 5 rings (SSSR count). The van der Waals surface area contributed by atoms with E-state index in [0.29, 0.717) is 0 Å². The van der Waals surface area contributed by atoms with Gasteiger partial charge in [-0.3, -0.25) is 0 Å². The van der Waals surface area contributed by atoms with E-state index in [9.17, 15) is 0 Å². The molecule has 1 heteroatoms. The summed E-state index contributed by atoms with van der Waals surface area (Å²) >= 11 is 1.81. The van der Waals surface area contributed by atoms with Gasteiger partial charge in [0.2, 0.25) is 0 Å². The normalized spacial score (nSPS) is 11.8. The van der Waals surface area contributed by atoms with Gasteiger partial charge in [-0.2, -0.15) is 0 Å². The monoisotopic (exact) mass is 284 g/mol. The molecule has 0 radical (unpaired) electrons. The maximum Gasteiger partial charge on any atom is 0.0349 e. The topological polar surface area (TPSA) is 0 Å². The van der Waals surface area contributed by atoms with Crippen LogP contribution in [0.15, 0.2) is 72.1 Å². The third-order valence-corrected chi connectivity index (χ3v) is 5.24. The largest absolute Gasteiger partial charge is 0.144 e. The molecule has 0 spiro atoms. The van der Waals surface area contributed by atoms with Crippen LogP contribution < -0.4 is 0 Å². The van der Waals surface area contributed by atoms with Crippen LogP contribution in [0.4, 0.5) is 0 Å². The molecule has 0 bridgehead atoms. The molecule has 1 aromatic heterocycles. The molecule has 0 aliphatic rings. The van der Waals surface area contributed by atoms with Gasteiger partial charge in [0.05, 0.1) is 0 Å². The lowest BCUT2D eigenvalue weighted by molar-refractivity contribution is 1.79. The summed E-state index contributed by atoms with van der Waals surface area (Å²) in [6.45, 7) is 0. The zero-order valence-corrected chi connectivity index (χ0v) is 12.2. The summed E-state index contributed by atoms with van der Waals surface area (Å²) in [6, 6.07) is 24.4. The van der Waals surface area contributed by atoms with Crippen molar-refractivity contribution in [3.63, 3.8) is 0 Å². The molecule has 0 fully saturated rings. The minimum atomic E-state index is 1.31. The summed E-state index contributed by atoms with van der Waals surface area (Å²) in [5.41, 5.74) is 0. The minimum Gasteiger partial charge on any atom is -0.144 e. The van der Waals surface area contributed by atoms with E-state index in [1.165, 1.54) is 42.4 Å². The van der Waals surface area contributed by atoms with E-state index in [1.807, 2.05) is 11.3 Å². The van der Waals surface area contributed by atoms with Crippen LogP contribution in [0.25, 0.3) is 42.4 Å². The van der Waals surface area contributed by atoms with E-state index >= 15 is 0 Å². The molecular weight excluding hydrogens is 272 g/mol. The van der Waals surface area contributed by atoms with Gasteiger partial charge in [-0.05, 0) is 49.8 Å². The molecule has 0 aliphatic heterocycles. The van der Waals surface area contributed by atoms with Crippen molar-refractivity contribution in [2.45, 2.75) is 0 Å². The van der Waals surface area contributed by atoms with Gasteiger partial charge in [-0.1, -0.05) is 54.6 Å². The Hall–Kier alpha value is -2.38. The summed E-state index contributed by atoms with van der Waals surface area (Å²) in [7, 11) is 0. The highest BCUT2D eigenvalue weighted by molar-refractivity contribution is 7.17. The molecule has 0 saturated heterocycles. The summed E-state index contributed by atoms with van der Waals surface area (Å²) in [6.07, 6.45) is 0. The molecule has 4 aromatic carbocycles. The molecule has 0 atom stereocenters. The van der Waals surface area contributed by atoms with E-state index in [4.69, 9.17) is 0 Å². The van der Waals surface area contributed by atoms with E-state index in [2.05, 4.69) is 72.1 Å². The van der Waals surface area contributed by atoms with E-state index in [-0.39, 0.29) is 0 Å². The quantitative estimate of drug-likeness (QED) is 0.290. The zero-order valence-electron chi connectivity index (χ0n) is 11.3. The smallest absolute Gasteiger partial charge is 0.0349 e. The summed E-state index contributed by atoms with van der Waals surface area (Å²) < 4.78 is 1.36. The molecule has 5 aromatic rings. The molecular formula is C20H12S. The Kier molecular flexibility index (Phi) is 2.18. The fourth-order valence-corrected chi connectivity index (χ4v) is 4.16. The lowest BCUT2D eigenvalue weighted by Crippen LogP contribution is -1.80. The molecule has 1 heterocycles. The van der Waals surface area contributed by atoms with Gasteiger partial charge in [-0.15, -0.1) is 11.3 Å². The minimum absolute atomic E-state index is 1.31. The highest BCUT2D eigenvalue weighted by Gasteiger charge is 2.07. The molecule has 0 unspecified atom stereocenters. The average molecular weight is 284 g/mol. The van der Waals surface area contributed by atoms with Crippen LogP contribution >= 0.6 is 11.3 Å². The Balaban J connectivity index is 2.07. The van der Waals surface area contributed by atoms with Crippen LogP contribution in [0.5, 0.6) is 0 Å². The van der Waals surface area contributed by atoms with Crippen molar-refractivity contribution in [1.29, 1.82) is 0 Å². The van der Waals surface area contributed by atoms with Gasteiger partial charge in [0, 0.05) is 10.1 Å². The van der Waals surface area contributed by atoms with Crippen LogP contribution in [0.1, 0.15) is 0 Å². The summed E-state index contributed by atoms with van der Waals surface area (Å²) in [5.74, 6) is 0. The zero-order chi connectivity index (χ0) is 13.8. The number of hydrogen-bond donors (Lipinski definition) is 0. The van der Waals surface area contributed by atoms with Crippen LogP contribution in [0.2, 0.25) is 0 Å². The number of benzene rings is 4. The van der Waals surface area contributed by atoms with Crippen molar-refractivity contribution in [3.8, 4) is 0 Å². The van der Waals surface area contributed by atoms with Gasteiger partial charge in [0.1, 0.15) is 0 Å². The second kappa shape index (κ2) is 4.06. The first-order valence-corrected chi connectivity index (χ1v) is 8.00. The van der Waals surface area contributed by atoms with Crippen LogP contribution in [-0.2, 0) is 0 Å². The lowest BCUT2D eigenvalue weighted by Gasteiger charge is -2.08. The van der Waals surface area contributed by atoms with E-state index in [1.54, 1.807) is 0 Å². The van der Waals surface area contributed by atoms with Crippen molar-refractivity contribution in [1.82, 2.24) is 0 Å². The van der Waals surface area contributed by atoms with Crippen molar-refractivity contribution >= 4 is 53.7 Å². The van der Waals surface area contributed by atoms with Crippen LogP contribution in [-0.4, -0.2) is 0 Å². The molecule has 0 N–H and O–H groups in total. The standard InChI is InChI=1S/C20H12S/c1-2-4-14-13(3-1)5-6-16-15(14)7-8-18-17(16)9-10-20-19(18)11-12-21-20/h1-12H. The third-order valence-electron chi connectivity index (χ3n) is 4.35. The van der Waals surface area contributed by atoms with Gasteiger partial charge in [0.15, 0.2) is 0 Å². The Morgan fingerprint density at radius 2 is 1.14 bits per heavy atom. The van der Waals surface area contributed by atoms with Crippen molar-refractivity contribution in [2.75, 3.05) is 0 Å². The van der Waals surface area contributed by atoms with Crippen molar-refractivity contribution < 1.29 is 0 Å². The average Bonchev–Trinajstić information content (AvgIpc) is 3.03. The molecule has 0 amide bonds. The van der Waals surface area contributed by atoms with E-state index in [0.717, 1.165) is 0 Å². The molecule has 0 aliphatic carbocycles. The molecule has 21 heavy (non-hydrogen) atoms. The first kappa shape index (κ1) is 11.3. The fraction of sp³-hybridized carbons (Fsp3) is 0. The van der Waals surface area contributed by atoms with Crippen LogP contribution in [0, 0.1) is 0 Å². The predicted molar refractivity (Wildman–Crippen MR) is 94.3 cm³/mol. The third kappa shape index (κ3) is 1.50. The first-order chi connectivity index (χ1) is 10.4. The maximum absolute atomic E-state index is 2.28. The van der Waals surface area contributed by atoms with Crippen molar-refractivity contribution in [3.05, 3.63) is 72.1 Å². The van der Waals surface area contributed by atoms with Gasteiger partial charge in [-0.25, -0.2) is 0 Å². The Labute approximate surface area is 126 Å². The Morgan fingerprint density at radius 1 is 0.476 bits per heavy atom. The second-order valence-corrected chi connectivity index (χ2v) is 6.39. The molecule has 98 valence electrons.